The molecule has 2 N–H and O–H groups in total. The van der Waals surface area contributed by atoms with Crippen molar-refractivity contribution in [2.45, 2.75) is 20.0 Å². The van der Waals surface area contributed by atoms with Crippen LogP contribution in [0.4, 0.5) is 5.69 Å². The van der Waals surface area contributed by atoms with Gasteiger partial charge in [-0.2, -0.15) is 0 Å². The van der Waals surface area contributed by atoms with E-state index in [1.54, 1.807) is 38.1 Å². The van der Waals surface area contributed by atoms with Gasteiger partial charge in [0.05, 0.1) is 11.7 Å². The van der Waals surface area contributed by atoms with Crippen LogP contribution in [0.25, 0.3) is 0 Å². The molecule has 5 heteroatoms. The van der Waals surface area contributed by atoms with Crippen molar-refractivity contribution >= 4 is 17.6 Å². The third-order valence-corrected chi connectivity index (χ3v) is 1.92. The minimum absolute atomic E-state index is 0.213. The maximum atomic E-state index is 11.7. The number of ether oxygens (including phenoxy) is 1. The van der Waals surface area contributed by atoms with Crippen LogP contribution in [0.3, 0.4) is 0 Å². The van der Waals surface area contributed by atoms with Crippen molar-refractivity contribution in [2.24, 2.45) is 0 Å². The predicted octanol–water partition coefficient (Wildman–Crippen LogP) is 1.75. The SMILES string of the molecule is CC(C)OC(=O)c1ccccc1NCC(=O)O. The summed E-state index contributed by atoms with van der Waals surface area (Å²) in [5, 5.41) is 11.2. The first-order chi connectivity index (χ1) is 8.00. The molecule has 0 unspecified atom stereocenters. The van der Waals surface area contributed by atoms with Gasteiger partial charge in [-0.1, -0.05) is 12.1 Å². The lowest BCUT2D eigenvalue weighted by atomic mass is 10.2. The van der Waals surface area contributed by atoms with Crippen LogP contribution in [0.1, 0.15) is 24.2 Å². The Morgan fingerprint density at radius 1 is 1.35 bits per heavy atom. The zero-order valence-electron chi connectivity index (χ0n) is 9.77. The quantitative estimate of drug-likeness (QED) is 0.763. The van der Waals surface area contributed by atoms with Gasteiger partial charge in [-0.25, -0.2) is 4.79 Å². The van der Waals surface area contributed by atoms with Crippen molar-refractivity contribution in [1.29, 1.82) is 0 Å². The monoisotopic (exact) mass is 237 g/mol. The van der Waals surface area contributed by atoms with Crippen molar-refractivity contribution in [3.05, 3.63) is 29.8 Å². The van der Waals surface area contributed by atoms with Crippen molar-refractivity contribution in [2.75, 3.05) is 11.9 Å². The van der Waals surface area contributed by atoms with E-state index in [2.05, 4.69) is 5.32 Å². The molecule has 0 aromatic heterocycles. The van der Waals surface area contributed by atoms with E-state index in [9.17, 15) is 9.59 Å². The van der Waals surface area contributed by atoms with Gasteiger partial charge in [0.25, 0.3) is 0 Å². The summed E-state index contributed by atoms with van der Waals surface area (Å²) in [5.41, 5.74) is 0.794. The molecule has 0 aliphatic carbocycles. The molecule has 0 saturated carbocycles. The van der Waals surface area contributed by atoms with Crippen LogP contribution >= 0.6 is 0 Å². The minimum Gasteiger partial charge on any atom is -0.480 e. The molecule has 5 nitrogen and oxygen atoms in total. The van der Waals surface area contributed by atoms with E-state index >= 15 is 0 Å². The Morgan fingerprint density at radius 2 is 2.00 bits per heavy atom. The highest BCUT2D eigenvalue weighted by Crippen LogP contribution is 2.16. The van der Waals surface area contributed by atoms with Crippen LogP contribution in [-0.4, -0.2) is 29.7 Å². The molecule has 1 aromatic carbocycles. The number of esters is 1. The van der Waals surface area contributed by atoms with Gasteiger partial charge in [0.2, 0.25) is 0 Å². The third-order valence-electron chi connectivity index (χ3n) is 1.92. The first kappa shape index (κ1) is 13.0. The Balaban J connectivity index is 2.83. The number of benzene rings is 1. The number of para-hydroxylation sites is 1. The van der Waals surface area contributed by atoms with E-state index in [0.717, 1.165) is 0 Å². The van der Waals surface area contributed by atoms with E-state index in [1.165, 1.54) is 0 Å². The molecule has 0 fully saturated rings. The highest BCUT2D eigenvalue weighted by molar-refractivity contribution is 5.96. The molecule has 1 rings (SSSR count). The molecule has 0 atom stereocenters. The molecule has 0 amide bonds. The first-order valence-electron chi connectivity index (χ1n) is 5.26. The lowest BCUT2D eigenvalue weighted by Gasteiger charge is -2.12. The molecule has 0 radical (unpaired) electrons. The van der Waals surface area contributed by atoms with Crippen molar-refractivity contribution in [1.82, 2.24) is 0 Å². The molecule has 0 aliphatic heterocycles. The number of hydrogen-bond donors (Lipinski definition) is 2. The van der Waals surface area contributed by atoms with Crippen LogP contribution in [0, 0.1) is 0 Å². The first-order valence-corrected chi connectivity index (χ1v) is 5.26. The molecule has 0 saturated heterocycles. The molecule has 17 heavy (non-hydrogen) atoms. The molecule has 0 heterocycles. The Kier molecular flexibility index (Phi) is 4.51. The maximum Gasteiger partial charge on any atom is 0.340 e. The normalized spacial score (nSPS) is 10.1. The fraction of sp³-hybridized carbons (Fsp3) is 0.333. The zero-order valence-corrected chi connectivity index (χ0v) is 9.77. The lowest BCUT2D eigenvalue weighted by Crippen LogP contribution is -2.17. The number of carbonyl (C=O) groups excluding carboxylic acids is 1. The van der Waals surface area contributed by atoms with Crippen LogP contribution in [-0.2, 0) is 9.53 Å². The summed E-state index contributed by atoms with van der Waals surface area (Å²) < 4.78 is 5.06. The average Bonchev–Trinajstić information content (AvgIpc) is 2.25. The van der Waals surface area contributed by atoms with Gasteiger partial charge in [0, 0.05) is 5.69 Å². The Hall–Kier alpha value is -2.04. The molecule has 92 valence electrons. The summed E-state index contributed by atoms with van der Waals surface area (Å²) in [4.78, 5) is 22.2. The Labute approximate surface area is 99.4 Å². The van der Waals surface area contributed by atoms with Gasteiger partial charge in [-0.3, -0.25) is 4.79 Å². The topological polar surface area (TPSA) is 75.6 Å². The maximum absolute atomic E-state index is 11.7. The van der Waals surface area contributed by atoms with Crippen LogP contribution in [0.5, 0.6) is 0 Å². The highest BCUT2D eigenvalue weighted by Gasteiger charge is 2.13. The molecule has 0 aliphatic rings. The van der Waals surface area contributed by atoms with E-state index in [1.807, 2.05) is 0 Å². The summed E-state index contributed by atoms with van der Waals surface area (Å²) in [6.07, 6.45) is -0.213. The Morgan fingerprint density at radius 3 is 2.59 bits per heavy atom. The standard InChI is InChI=1S/C12H15NO4/c1-8(2)17-12(16)9-5-3-4-6-10(9)13-7-11(14)15/h3-6,8,13H,7H2,1-2H3,(H,14,15). The predicted molar refractivity (Wildman–Crippen MR) is 63.1 cm³/mol. The summed E-state index contributed by atoms with van der Waals surface area (Å²) in [7, 11) is 0. The molecule has 0 spiro atoms. The number of nitrogens with one attached hydrogen (secondary N) is 1. The summed E-state index contributed by atoms with van der Waals surface area (Å²) in [6.45, 7) is 3.27. The molecular formula is C12H15NO4. The van der Waals surface area contributed by atoms with Crippen LogP contribution < -0.4 is 5.32 Å². The summed E-state index contributed by atoms with van der Waals surface area (Å²) in [5.74, 6) is -1.45. The second-order valence-corrected chi connectivity index (χ2v) is 3.75. The number of carbonyl (C=O) groups is 2. The van der Waals surface area contributed by atoms with Gasteiger partial charge in [-0.15, -0.1) is 0 Å². The highest BCUT2D eigenvalue weighted by atomic mass is 16.5. The van der Waals surface area contributed by atoms with E-state index < -0.39 is 11.9 Å². The average molecular weight is 237 g/mol. The Bertz CT molecular complexity index is 415. The number of anilines is 1. The second-order valence-electron chi connectivity index (χ2n) is 3.75. The fourth-order valence-electron chi connectivity index (χ4n) is 1.26. The third kappa shape index (κ3) is 4.14. The summed E-state index contributed by atoms with van der Waals surface area (Å²) >= 11 is 0. The molecule has 1 aromatic rings. The van der Waals surface area contributed by atoms with Crippen molar-refractivity contribution in [3.63, 3.8) is 0 Å². The smallest absolute Gasteiger partial charge is 0.340 e. The number of carboxylic acids is 1. The molecule has 0 bridgehead atoms. The van der Waals surface area contributed by atoms with Crippen molar-refractivity contribution < 1.29 is 19.4 Å². The minimum atomic E-state index is -0.989. The van der Waals surface area contributed by atoms with E-state index in [4.69, 9.17) is 9.84 Å². The van der Waals surface area contributed by atoms with Crippen LogP contribution in [0.2, 0.25) is 0 Å². The largest absolute Gasteiger partial charge is 0.480 e. The number of carboxylic acid groups (broad SMARTS) is 1. The number of hydrogen-bond acceptors (Lipinski definition) is 4. The fourth-order valence-corrected chi connectivity index (χ4v) is 1.26. The van der Waals surface area contributed by atoms with Gasteiger partial charge in [0.1, 0.15) is 6.54 Å². The number of aliphatic carboxylic acids is 1. The molecular weight excluding hydrogens is 222 g/mol. The van der Waals surface area contributed by atoms with E-state index in [0.29, 0.717) is 11.3 Å². The number of rotatable bonds is 5. The van der Waals surface area contributed by atoms with Gasteiger partial charge in [0.15, 0.2) is 0 Å². The second kappa shape index (κ2) is 5.89. The van der Waals surface area contributed by atoms with Gasteiger partial charge < -0.3 is 15.2 Å². The van der Waals surface area contributed by atoms with Gasteiger partial charge in [-0.05, 0) is 26.0 Å². The summed E-state index contributed by atoms with van der Waals surface area (Å²) in [6, 6.07) is 6.65. The van der Waals surface area contributed by atoms with E-state index in [-0.39, 0.29) is 12.6 Å². The van der Waals surface area contributed by atoms with Crippen molar-refractivity contribution in [3.8, 4) is 0 Å². The zero-order chi connectivity index (χ0) is 12.8. The van der Waals surface area contributed by atoms with Gasteiger partial charge >= 0.3 is 11.9 Å². The van der Waals surface area contributed by atoms with Crippen LogP contribution in [0.15, 0.2) is 24.3 Å². The lowest BCUT2D eigenvalue weighted by molar-refractivity contribution is -0.134.